The van der Waals surface area contributed by atoms with Crippen molar-refractivity contribution in [1.82, 2.24) is 19.9 Å². The van der Waals surface area contributed by atoms with Crippen LogP contribution < -0.4 is 0 Å². The van der Waals surface area contributed by atoms with E-state index in [9.17, 15) is 9.90 Å². The fraction of sp³-hybridized carbons (Fsp3) is 0.870. The molecule has 0 spiro atoms. The summed E-state index contributed by atoms with van der Waals surface area (Å²) in [5.41, 5.74) is 0.956. The molecule has 0 bridgehead atoms. The Morgan fingerprint density at radius 3 is 2.34 bits per heavy atom. The molecule has 0 aliphatic rings. The molecule has 1 N–H and O–H groups in total. The maximum Gasteiger partial charge on any atom is 0.222 e. The van der Waals surface area contributed by atoms with Gasteiger partial charge in [0.2, 0.25) is 5.91 Å². The number of amides is 1. The third kappa shape index (κ3) is 7.09. The van der Waals surface area contributed by atoms with E-state index in [1.54, 1.807) is 0 Å². The van der Waals surface area contributed by atoms with Gasteiger partial charge >= 0.3 is 0 Å². The average Bonchev–Trinajstić information content (AvgIpc) is 3.15. The lowest BCUT2D eigenvalue weighted by Gasteiger charge is -2.33. The number of aliphatic hydroxyl groups excluding tert-OH is 1. The highest BCUT2D eigenvalue weighted by molar-refractivity contribution is 5.76. The number of rotatable bonds is 14. The smallest absolute Gasteiger partial charge is 0.222 e. The van der Waals surface area contributed by atoms with Crippen LogP contribution in [0.15, 0.2) is 6.20 Å². The van der Waals surface area contributed by atoms with Crippen molar-refractivity contribution in [1.29, 1.82) is 0 Å². The second-order valence-electron chi connectivity index (χ2n) is 9.22. The van der Waals surface area contributed by atoms with E-state index in [0.717, 1.165) is 44.3 Å². The third-order valence-corrected chi connectivity index (χ3v) is 6.73. The van der Waals surface area contributed by atoms with Crippen LogP contribution in [0.1, 0.15) is 99.1 Å². The maximum absolute atomic E-state index is 12.8. The van der Waals surface area contributed by atoms with Crippen molar-refractivity contribution in [3.63, 3.8) is 0 Å². The van der Waals surface area contributed by atoms with Crippen LogP contribution in [0.3, 0.4) is 0 Å². The average molecular weight is 409 g/mol. The molecule has 168 valence electrons. The summed E-state index contributed by atoms with van der Waals surface area (Å²) in [6, 6.07) is 0.0855. The monoisotopic (exact) mass is 408 g/mol. The molecule has 6 heteroatoms. The second kappa shape index (κ2) is 11.7. The molecule has 0 aliphatic heterocycles. The van der Waals surface area contributed by atoms with Crippen molar-refractivity contribution in [3.8, 4) is 0 Å². The molecule has 1 aromatic rings. The molecule has 6 nitrogen and oxygen atoms in total. The Hall–Kier alpha value is -1.43. The van der Waals surface area contributed by atoms with Crippen molar-refractivity contribution >= 4 is 5.91 Å². The van der Waals surface area contributed by atoms with Gasteiger partial charge in [0.1, 0.15) is 0 Å². The Balaban J connectivity index is 2.95. The second-order valence-corrected chi connectivity index (χ2v) is 9.22. The van der Waals surface area contributed by atoms with Gasteiger partial charge in [0, 0.05) is 38.2 Å². The van der Waals surface area contributed by atoms with Gasteiger partial charge in [0.25, 0.3) is 0 Å². The van der Waals surface area contributed by atoms with E-state index >= 15 is 0 Å². The van der Waals surface area contributed by atoms with Crippen LogP contribution in [-0.2, 0) is 16.8 Å². The van der Waals surface area contributed by atoms with Gasteiger partial charge in [0.15, 0.2) is 0 Å². The van der Waals surface area contributed by atoms with E-state index in [2.05, 4.69) is 58.8 Å². The van der Waals surface area contributed by atoms with Gasteiger partial charge in [0.05, 0.1) is 11.2 Å². The third-order valence-electron chi connectivity index (χ3n) is 6.73. The first-order valence-corrected chi connectivity index (χ1v) is 11.5. The SMILES string of the molecule is CCCC(=O)N(CCC(C)(C)CC)C(C)Cc1cn(C(CC)(CC)CCO)nn1. The Morgan fingerprint density at radius 2 is 1.83 bits per heavy atom. The molecular weight excluding hydrogens is 364 g/mol. The normalized spacial score (nSPS) is 13.5. The van der Waals surface area contributed by atoms with Gasteiger partial charge in [-0.15, -0.1) is 5.10 Å². The zero-order chi connectivity index (χ0) is 22.1. The molecule has 1 unspecified atom stereocenters. The molecule has 29 heavy (non-hydrogen) atoms. The van der Waals surface area contributed by atoms with Gasteiger partial charge in [-0.05, 0) is 44.4 Å². The first-order chi connectivity index (χ1) is 13.7. The minimum atomic E-state index is -0.188. The maximum atomic E-state index is 12.8. The summed E-state index contributed by atoms with van der Waals surface area (Å²) in [5, 5.41) is 18.3. The predicted octanol–water partition coefficient (Wildman–Crippen LogP) is 4.56. The molecule has 1 rings (SSSR count). The zero-order valence-corrected chi connectivity index (χ0v) is 19.9. The number of nitrogens with zero attached hydrogens (tertiary/aromatic N) is 4. The van der Waals surface area contributed by atoms with Gasteiger partial charge in [-0.1, -0.05) is 53.2 Å². The first-order valence-electron chi connectivity index (χ1n) is 11.5. The van der Waals surface area contributed by atoms with Gasteiger partial charge in [-0.3, -0.25) is 4.79 Å². The minimum absolute atomic E-state index is 0.0855. The topological polar surface area (TPSA) is 71.2 Å². The summed E-state index contributed by atoms with van der Waals surface area (Å²) in [7, 11) is 0. The van der Waals surface area contributed by atoms with Crippen LogP contribution in [0.5, 0.6) is 0 Å². The van der Waals surface area contributed by atoms with Crippen LogP contribution in [0.25, 0.3) is 0 Å². The van der Waals surface area contributed by atoms with E-state index in [0.29, 0.717) is 19.3 Å². The summed E-state index contributed by atoms with van der Waals surface area (Å²) >= 11 is 0. The standard InChI is InChI=1S/C23H44N4O2/c1-8-12-21(29)26(15-13-22(6,7)9-2)19(5)17-20-18-27(25-24-20)23(10-3,11-4)14-16-28/h18-19,28H,8-17H2,1-7H3. The lowest BCUT2D eigenvalue weighted by Crippen LogP contribution is -2.41. The van der Waals surface area contributed by atoms with Crippen molar-refractivity contribution in [2.24, 2.45) is 5.41 Å². The molecular formula is C23H44N4O2. The molecule has 1 aromatic heterocycles. The summed E-state index contributed by atoms with van der Waals surface area (Å²) in [4.78, 5) is 14.8. The van der Waals surface area contributed by atoms with Crippen molar-refractivity contribution in [3.05, 3.63) is 11.9 Å². The molecule has 0 radical (unpaired) electrons. The first kappa shape index (κ1) is 25.6. The molecule has 1 amide bonds. The minimum Gasteiger partial charge on any atom is -0.396 e. The molecule has 0 fully saturated rings. The van der Waals surface area contributed by atoms with E-state index in [-0.39, 0.29) is 29.5 Å². The number of aromatic nitrogens is 3. The largest absolute Gasteiger partial charge is 0.396 e. The summed E-state index contributed by atoms with van der Waals surface area (Å²) in [6.45, 7) is 16.1. The molecule has 0 aromatic carbocycles. The Kier molecular flexibility index (Phi) is 10.3. The van der Waals surface area contributed by atoms with Crippen LogP contribution >= 0.6 is 0 Å². The van der Waals surface area contributed by atoms with Crippen LogP contribution in [0.2, 0.25) is 0 Å². The van der Waals surface area contributed by atoms with E-state index < -0.39 is 0 Å². The highest BCUT2D eigenvalue weighted by atomic mass is 16.3. The number of carbonyl (C=O) groups excluding carboxylic acids is 1. The van der Waals surface area contributed by atoms with Crippen LogP contribution in [0, 0.1) is 5.41 Å². The lowest BCUT2D eigenvalue weighted by atomic mass is 9.86. The molecule has 0 saturated carbocycles. The number of hydrogen-bond acceptors (Lipinski definition) is 4. The Labute approximate surface area is 178 Å². The fourth-order valence-corrected chi connectivity index (χ4v) is 3.84. The highest BCUT2D eigenvalue weighted by Crippen LogP contribution is 2.29. The predicted molar refractivity (Wildman–Crippen MR) is 119 cm³/mol. The summed E-state index contributed by atoms with van der Waals surface area (Å²) in [5.74, 6) is 0.232. The van der Waals surface area contributed by atoms with Gasteiger partial charge in [-0.25, -0.2) is 4.68 Å². The lowest BCUT2D eigenvalue weighted by molar-refractivity contribution is -0.133. The van der Waals surface area contributed by atoms with E-state index in [1.807, 2.05) is 15.8 Å². The quantitative estimate of drug-likeness (QED) is 0.490. The summed E-state index contributed by atoms with van der Waals surface area (Å²) < 4.78 is 1.93. The molecule has 0 saturated heterocycles. The fourth-order valence-electron chi connectivity index (χ4n) is 3.84. The van der Waals surface area contributed by atoms with Gasteiger partial charge in [-0.2, -0.15) is 0 Å². The Morgan fingerprint density at radius 1 is 1.17 bits per heavy atom. The summed E-state index contributed by atoms with van der Waals surface area (Å²) in [6.07, 6.45) is 8.74. The van der Waals surface area contributed by atoms with Crippen LogP contribution in [0.4, 0.5) is 0 Å². The van der Waals surface area contributed by atoms with Crippen molar-refractivity contribution < 1.29 is 9.90 Å². The van der Waals surface area contributed by atoms with E-state index in [1.165, 1.54) is 0 Å². The number of hydrogen-bond donors (Lipinski definition) is 1. The van der Waals surface area contributed by atoms with Crippen molar-refractivity contribution in [2.75, 3.05) is 13.2 Å². The number of carbonyl (C=O) groups is 1. The van der Waals surface area contributed by atoms with Crippen molar-refractivity contribution in [2.45, 2.75) is 111 Å². The van der Waals surface area contributed by atoms with Crippen LogP contribution in [-0.4, -0.2) is 50.1 Å². The molecule has 1 atom stereocenters. The van der Waals surface area contributed by atoms with Gasteiger partial charge < -0.3 is 10.0 Å². The molecule has 1 heterocycles. The highest BCUT2D eigenvalue weighted by Gasteiger charge is 2.30. The van der Waals surface area contributed by atoms with E-state index in [4.69, 9.17) is 0 Å². The number of aliphatic hydroxyl groups is 1. The molecule has 0 aliphatic carbocycles. The zero-order valence-electron chi connectivity index (χ0n) is 19.9. The Bertz CT molecular complexity index is 608.